The Bertz CT molecular complexity index is 468. The summed E-state index contributed by atoms with van der Waals surface area (Å²) < 4.78 is 5.38. The van der Waals surface area contributed by atoms with Crippen LogP contribution in [0.4, 0.5) is 11.4 Å². The second-order valence-corrected chi connectivity index (χ2v) is 4.23. The van der Waals surface area contributed by atoms with E-state index in [-0.39, 0.29) is 11.6 Å². The number of hydrogen-bond donors (Lipinski definition) is 1. The van der Waals surface area contributed by atoms with Crippen LogP contribution < -0.4 is 10.2 Å². The molecule has 1 heterocycles. The van der Waals surface area contributed by atoms with E-state index in [4.69, 9.17) is 4.74 Å². The molecule has 7 heteroatoms. The Kier molecular flexibility index (Phi) is 4.08. The zero-order valence-corrected chi connectivity index (χ0v) is 10.5. The third kappa shape index (κ3) is 3.07. The van der Waals surface area contributed by atoms with Gasteiger partial charge in [-0.3, -0.25) is 14.9 Å². The first kappa shape index (κ1) is 13.4. The molecule has 0 radical (unpaired) electrons. The van der Waals surface area contributed by atoms with Crippen molar-refractivity contribution in [1.29, 1.82) is 0 Å². The summed E-state index contributed by atoms with van der Waals surface area (Å²) in [5.41, 5.74) is 0.602. The molecule has 1 N–H and O–H groups in total. The number of rotatable bonds is 3. The number of anilines is 1. The van der Waals surface area contributed by atoms with Crippen LogP contribution in [0.1, 0.15) is 0 Å². The number of nitro benzene ring substituents is 1. The summed E-state index contributed by atoms with van der Waals surface area (Å²) in [5.74, 6) is -0.166. The number of likely N-dealkylation sites (N-methyl/N-ethyl adjacent to an activating group) is 1. The highest BCUT2D eigenvalue weighted by atomic mass is 16.6. The van der Waals surface area contributed by atoms with Crippen molar-refractivity contribution in [2.45, 2.75) is 6.10 Å². The molecule has 1 aliphatic rings. The summed E-state index contributed by atoms with van der Waals surface area (Å²) in [5, 5.41) is 13.6. The van der Waals surface area contributed by atoms with E-state index in [1.165, 1.54) is 17.0 Å². The van der Waals surface area contributed by atoms with E-state index in [9.17, 15) is 14.9 Å². The van der Waals surface area contributed by atoms with Crippen molar-refractivity contribution in [1.82, 2.24) is 5.32 Å². The van der Waals surface area contributed by atoms with Crippen LogP contribution in [0, 0.1) is 10.1 Å². The molecule has 1 aliphatic heterocycles. The van der Waals surface area contributed by atoms with E-state index in [1.54, 1.807) is 19.2 Å². The number of nitrogens with one attached hydrogen (secondary N) is 1. The van der Waals surface area contributed by atoms with Gasteiger partial charge in [-0.05, 0) is 12.1 Å². The molecule has 0 spiro atoms. The Balaban J connectivity index is 2.07. The lowest BCUT2D eigenvalue weighted by molar-refractivity contribution is -0.384. The average molecular weight is 265 g/mol. The van der Waals surface area contributed by atoms with Crippen molar-refractivity contribution in [2.24, 2.45) is 0 Å². The Morgan fingerprint density at radius 2 is 2.16 bits per heavy atom. The van der Waals surface area contributed by atoms with E-state index < -0.39 is 11.0 Å². The number of carbonyl (C=O) groups is 1. The molecular formula is C12H15N3O4. The smallest absolute Gasteiger partial charge is 0.269 e. The number of ether oxygens (including phenoxy) is 1. The number of hydrogen-bond acceptors (Lipinski definition) is 5. The van der Waals surface area contributed by atoms with Gasteiger partial charge in [0.1, 0.15) is 6.10 Å². The molecule has 2 rings (SSSR count). The normalized spacial score (nSPS) is 18.9. The zero-order valence-electron chi connectivity index (χ0n) is 10.5. The van der Waals surface area contributed by atoms with Gasteiger partial charge < -0.3 is 15.0 Å². The molecule has 1 saturated heterocycles. The molecule has 1 atom stereocenters. The van der Waals surface area contributed by atoms with E-state index in [1.807, 2.05) is 0 Å². The lowest BCUT2D eigenvalue weighted by atomic mass is 10.2. The molecule has 0 saturated carbocycles. The largest absolute Gasteiger partial charge is 0.366 e. The van der Waals surface area contributed by atoms with Crippen LogP contribution in [0.2, 0.25) is 0 Å². The van der Waals surface area contributed by atoms with Crippen molar-refractivity contribution < 1.29 is 14.5 Å². The summed E-state index contributed by atoms with van der Waals surface area (Å²) in [7, 11) is 1.63. The fourth-order valence-electron chi connectivity index (χ4n) is 1.87. The van der Waals surface area contributed by atoms with Gasteiger partial charge in [0.15, 0.2) is 0 Å². The molecule has 1 aromatic carbocycles. The van der Waals surface area contributed by atoms with Gasteiger partial charge in [-0.2, -0.15) is 0 Å². The third-order valence-electron chi connectivity index (χ3n) is 2.98. The van der Waals surface area contributed by atoms with Gasteiger partial charge in [0, 0.05) is 38.0 Å². The van der Waals surface area contributed by atoms with E-state index >= 15 is 0 Å². The minimum absolute atomic E-state index is 0.000169. The zero-order chi connectivity index (χ0) is 13.8. The van der Waals surface area contributed by atoms with Gasteiger partial charge >= 0.3 is 0 Å². The van der Waals surface area contributed by atoms with E-state index in [0.717, 1.165) is 6.54 Å². The van der Waals surface area contributed by atoms with Gasteiger partial charge in [-0.15, -0.1) is 0 Å². The van der Waals surface area contributed by atoms with Crippen molar-refractivity contribution >= 4 is 17.3 Å². The maximum atomic E-state index is 12.1. The second kappa shape index (κ2) is 5.77. The monoisotopic (exact) mass is 265 g/mol. The molecule has 0 aliphatic carbocycles. The second-order valence-electron chi connectivity index (χ2n) is 4.23. The fourth-order valence-corrected chi connectivity index (χ4v) is 1.87. The Morgan fingerprint density at radius 3 is 2.68 bits per heavy atom. The van der Waals surface area contributed by atoms with E-state index in [0.29, 0.717) is 18.8 Å². The number of nitro groups is 1. The first-order valence-electron chi connectivity index (χ1n) is 5.94. The number of morpholine rings is 1. The van der Waals surface area contributed by atoms with Crippen molar-refractivity contribution in [3.8, 4) is 0 Å². The minimum Gasteiger partial charge on any atom is -0.366 e. The van der Waals surface area contributed by atoms with Gasteiger partial charge in [-0.1, -0.05) is 0 Å². The molecular weight excluding hydrogens is 250 g/mol. The third-order valence-corrected chi connectivity index (χ3v) is 2.98. The van der Waals surface area contributed by atoms with E-state index in [2.05, 4.69) is 5.32 Å². The van der Waals surface area contributed by atoms with Crippen LogP contribution in [0.25, 0.3) is 0 Å². The summed E-state index contributed by atoms with van der Waals surface area (Å²) in [6.45, 7) is 1.73. The fraction of sp³-hybridized carbons (Fsp3) is 0.417. The van der Waals surface area contributed by atoms with Crippen LogP contribution in [0.5, 0.6) is 0 Å². The number of non-ortho nitro benzene ring substituents is 1. The van der Waals surface area contributed by atoms with Gasteiger partial charge in [0.05, 0.1) is 11.5 Å². The molecule has 1 amide bonds. The Labute approximate surface area is 110 Å². The first-order valence-corrected chi connectivity index (χ1v) is 5.94. The van der Waals surface area contributed by atoms with Crippen LogP contribution in [-0.2, 0) is 9.53 Å². The maximum absolute atomic E-state index is 12.1. The molecule has 1 aromatic rings. The first-order chi connectivity index (χ1) is 9.09. The highest BCUT2D eigenvalue weighted by Crippen LogP contribution is 2.19. The van der Waals surface area contributed by atoms with Crippen LogP contribution in [-0.4, -0.2) is 43.7 Å². The van der Waals surface area contributed by atoms with Gasteiger partial charge in [-0.25, -0.2) is 0 Å². The highest BCUT2D eigenvalue weighted by Gasteiger charge is 2.25. The number of nitrogens with zero attached hydrogens (tertiary/aromatic N) is 2. The molecule has 19 heavy (non-hydrogen) atoms. The van der Waals surface area contributed by atoms with Gasteiger partial charge in [0.25, 0.3) is 11.6 Å². The average Bonchev–Trinajstić information content (AvgIpc) is 2.46. The lowest BCUT2D eigenvalue weighted by Gasteiger charge is -2.27. The predicted molar refractivity (Wildman–Crippen MR) is 69.1 cm³/mol. The summed E-state index contributed by atoms with van der Waals surface area (Å²) >= 11 is 0. The standard InChI is InChI=1S/C12H15N3O4/c1-14(12(16)11-8-13-6-7-19-11)9-2-4-10(5-3-9)15(17)18/h2-5,11,13H,6-8H2,1H3. The quantitative estimate of drug-likeness (QED) is 0.637. The number of amides is 1. The van der Waals surface area contributed by atoms with Crippen LogP contribution in [0.15, 0.2) is 24.3 Å². The van der Waals surface area contributed by atoms with Crippen LogP contribution in [0.3, 0.4) is 0 Å². The van der Waals surface area contributed by atoms with Crippen molar-refractivity contribution in [2.75, 3.05) is 31.6 Å². The highest BCUT2D eigenvalue weighted by molar-refractivity contribution is 5.96. The minimum atomic E-state index is -0.506. The van der Waals surface area contributed by atoms with Crippen molar-refractivity contribution in [3.63, 3.8) is 0 Å². The molecule has 1 fully saturated rings. The number of carbonyl (C=O) groups excluding carboxylic acids is 1. The van der Waals surface area contributed by atoms with Crippen LogP contribution >= 0.6 is 0 Å². The topological polar surface area (TPSA) is 84.7 Å². The Morgan fingerprint density at radius 1 is 1.47 bits per heavy atom. The van der Waals surface area contributed by atoms with Gasteiger partial charge in [0.2, 0.25) is 0 Å². The molecule has 102 valence electrons. The lowest BCUT2D eigenvalue weighted by Crippen LogP contribution is -2.48. The molecule has 0 bridgehead atoms. The summed E-state index contributed by atoms with van der Waals surface area (Å²) in [6, 6.07) is 5.84. The molecule has 7 nitrogen and oxygen atoms in total. The Hall–Kier alpha value is -1.99. The predicted octanol–water partition coefficient (Wildman–Crippen LogP) is 0.546. The summed E-state index contributed by atoms with van der Waals surface area (Å²) in [6.07, 6.45) is -0.506. The maximum Gasteiger partial charge on any atom is 0.269 e. The molecule has 1 unspecified atom stereocenters. The van der Waals surface area contributed by atoms with Crippen molar-refractivity contribution in [3.05, 3.63) is 34.4 Å². The number of benzene rings is 1. The molecule has 0 aromatic heterocycles. The summed E-state index contributed by atoms with van der Waals surface area (Å²) in [4.78, 5) is 23.7. The SMILES string of the molecule is CN(C(=O)C1CNCCO1)c1ccc([N+](=O)[O-])cc1.